The van der Waals surface area contributed by atoms with E-state index in [0.717, 1.165) is 0 Å². The van der Waals surface area contributed by atoms with Crippen LogP contribution in [0.5, 0.6) is 0 Å². The Balaban J connectivity index is 0.000000129. The first-order chi connectivity index (χ1) is 11.7. The molecular weight excluding hydrogens is 294 g/mol. The molecule has 4 nitrogen and oxygen atoms in total. The monoisotopic (exact) mass is 314 g/mol. The zero-order valence-electron chi connectivity index (χ0n) is 13.9. The molecule has 0 fully saturated rings. The minimum atomic E-state index is 0.301. The third kappa shape index (κ3) is 2.75. The number of nitrogens with one attached hydrogen (secondary N) is 4. The number of rotatable bonds is 0. The van der Waals surface area contributed by atoms with E-state index in [1.54, 1.807) is 0 Å². The Labute approximate surface area is 143 Å². The van der Waals surface area contributed by atoms with Gasteiger partial charge in [-0.05, 0) is 43.3 Å². The summed E-state index contributed by atoms with van der Waals surface area (Å²) < 4.78 is 0. The van der Waals surface area contributed by atoms with E-state index in [1.165, 1.54) is 33.5 Å². The van der Waals surface area contributed by atoms with Crippen molar-refractivity contribution in [2.24, 2.45) is 0 Å². The maximum atomic E-state index is 3.41. The summed E-state index contributed by atoms with van der Waals surface area (Å²) in [6.45, 7) is 4.89. The van der Waals surface area contributed by atoms with Gasteiger partial charge in [0.2, 0.25) is 0 Å². The van der Waals surface area contributed by atoms with Crippen molar-refractivity contribution >= 4 is 47.5 Å². The number of hydrogen-bond acceptors (Lipinski definition) is 4. The molecular formula is C18H20B2N4. The van der Waals surface area contributed by atoms with Gasteiger partial charge in [0, 0.05) is 28.1 Å². The molecule has 0 bridgehead atoms. The molecule has 0 amide bonds. The fourth-order valence-corrected chi connectivity index (χ4v) is 3.32. The first kappa shape index (κ1) is 14.8. The van der Waals surface area contributed by atoms with Gasteiger partial charge in [0.25, 0.3) is 0 Å². The van der Waals surface area contributed by atoms with Crippen molar-refractivity contribution in [3.8, 4) is 0 Å². The molecule has 118 valence electrons. The highest BCUT2D eigenvalue weighted by atomic mass is 15.0. The molecule has 0 aliphatic carbocycles. The molecule has 0 aromatic heterocycles. The molecule has 0 saturated heterocycles. The summed E-state index contributed by atoms with van der Waals surface area (Å²) >= 11 is 0. The molecule has 3 aromatic rings. The maximum absolute atomic E-state index is 3.41. The van der Waals surface area contributed by atoms with Crippen LogP contribution in [0.2, 0.25) is 13.6 Å². The van der Waals surface area contributed by atoms with Gasteiger partial charge in [-0.25, -0.2) is 0 Å². The molecule has 0 saturated carbocycles. The lowest BCUT2D eigenvalue weighted by atomic mass is 9.77. The molecule has 5 rings (SSSR count). The average molecular weight is 314 g/mol. The van der Waals surface area contributed by atoms with E-state index in [-0.39, 0.29) is 0 Å². The zero-order valence-corrected chi connectivity index (χ0v) is 13.9. The van der Waals surface area contributed by atoms with E-state index in [2.05, 4.69) is 83.1 Å². The Morgan fingerprint density at radius 3 is 1.46 bits per heavy atom. The van der Waals surface area contributed by atoms with Gasteiger partial charge in [-0.3, -0.25) is 0 Å². The van der Waals surface area contributed by atoms with E-state index in [4.69, 9.17) is 0 Å². The van der Waals surface area contributed by atoms with E-state index >= 15 is 0 Å². The topological polar surface area (TPSA) is 48.1 Å². The van der Waals surface area contributed by atoms with Gasteiger partial charge in [0.1, 0.15) is 0 Å². The standard InChI is InChI=1S/C11H11BN2.C7H9BN2/c1-12-13-9-6-2-4-8-5-3-7-10(14-12)11(8)9;1-8-9-6-4-2-3-5-7(6)10-8/h2-7,13-14H,1H3;2-5,9-10H,1H3. The lowest BCUT2D eigenvalue weighted by Crippen LogP contribution is -2.33. The van der Waals surface area contributed by atoms with Crippen LogP contribution >= 0.6 is 0 Å². The summed E-state index contributed by atoms with van der Waals surface area (Å²) in [5, 5.41) is 16.0. The van der Waals surface area contributed by atoms with Crippen LogP contribution in [-0.2, 0) is 0 Å². The highest BCUT2D eigenvalue weighted by Gasteiger charge is 2.18. The minimum absolute atomic E-state index is 0.301. The quantitative estimate of drug-likeness (QED) is 0.464. The predicted molar refractivity (Wildman–Crippen MR) is 108 cm³/mol. The van der Waals surface area contributed by atoms with Crippen molar-refractivity contribution in [2.75, 3.05) is 20.9 Å². The Bertz CT molecular complexity index is 818. The maximum Gasteiger partial charge on any atom is 0.366 e. The second-order valence-electron chi connectivity index (χ2n) is 6.28. The van der Waals surface area contributed by atoms with E-state index < -0.39 is 0 Å². The van der Waals surface area contributed by atoms with Gasteiger partial charge >= 0.3 is 14.0 Å². The van der Waals surface area contributed by atoms with Crippen LogP contribution in [-0.4, -0.2) is 14.0 Å². The number of hydrogen-bond donors (Lipinski definition) is 4. The first-order valence-electron chi connectivity index (χ1n) is 8.37. The highest BCUT2D eigenvalue weighted by Crippen LogP contribution is 2.33. The van der Waals surface area contributed by atoms with Crippen molar-refractivity contribution < 1.29 is 0 Å². The van der Waals surface area contributed by atoms with Crippen LogP contribution in [0.25, 0.3) is 10.8 Å². The molecule has 0 unspecified atom stereocenters. The largest absolute Gasteiger partial charge is 0.409 e. The number of benzene rings is 3. The fourth-order valence-electron chi connectivity index (χ4n) is 3.32. The Kier molecular flexibility index (Phi) is 3.73. The summed E-state index contributed by atoms with van der Waals surface area (Å²) in [5.41, 5.74) is 4.86. The summed E-state index contributed by atoms with van der Waals surface area (Å²) in [6.07, 6.45) is 0. The molecule has 2 aliphatic heterocycles. The normalized spacial score (nSPS) is 13.8. The van der Waals surface area contributed by atoms with Crippen molar-refractivity contribution in [2.45, 2.75) is 13.6 Å². The second-order valence-corrected chi connectivity index (χ2v) is 6.28. The van der Waals surface area contributed by atoms with Gasteiger partial charge in [-0.15, -0.1) is 0 Å². The molecule has 0 spiro atoms. The Morgan fingerprint density at radius 2 is 0.958 bits per heavy atom. The zero-order chi connectivity index (χ0) is 16.5. The molecule has 2 heterocycles. The molecule has 0 radical (unpaired) electrons. The smallest absolute Gasteiger partial charge is 0.366 e. The molecule has 4 N–H and O–H groups in total. The van der Waals surface area contributed by atoms with E-state index in [9.17, 15) is 0 Å². The molecule has 0 atom stereocenters. The highest BCUT2D eigenvalue weighted by molar-refractivity contribution is 6.67. The summed E-state index contributed by atoms with van der Waals surface area (Å²) in [7, 11) is 0. The minimum Gasteiger partial charge on any atom is -0.409 e. The van der Waals surface area contributed by atoms with Crippen LogP contribution in [0.1, 0.15) is 0 Å². The lowest BCUT2D eigenvalue weighted by Gasteiger charge is -2.24. The second kappa shape index (κ2) is 6.04. The summed E-state index contributed by atoms with van der Waals surface area (Å²) in [6, 6.07) is 20.9. The Hall–Kier alpha value is -2.75. The molecule has 24 heavy (non-hydrogen) atoms. The number of anilines is 4. The SMILES string of the molecule is CB1Nc2cccc3cccc(c23)N1.CB1Nc2ccccc2N1. The predicted octanol–water partition coefficient (Wildman–Crippen LogP) is 4.44. The van der Waals surface area contributed by atoms with E-state index in [1.807, 2.05) is 12.1 Å². The van der Waals surface area contributed by atoms with Crippen LogP contribution in [0, 0.1) is 0 Å². The van der Waals surface area contributed by atoms with Crippen LogP contribution < -0.4 is 20.9 Å². The number of para-hydroxylation sites is 2. The van der Waals surface area contributed by atoms with Gasteiger partial charge in [0.15, 0.2) is 0 Å². The number of fused-ring (bicyclic) bond motifs is 1. The third-order valence-electron chi connectivity index (χ3n) is 4.32. The Morgan fingerprint density at radius 1 is 0.542 bits per heavy atom. The van der Waals surface area contributed by atoms with Gasteiger partial charge in [-0.2, -0.15) is 0 Å². The van der Waals surface area contributed by atoms with Crippen LogP contribution in [0.4, 0.5) is 22.7 Å². The van der Waals surface area contributed by atoms with Crippen LogP contribution in [0.3, 0.4) is 0 Å². The van der Waals surface area contributed by atoms with Gasteiger partial charge in [-0.1, -0.05) is 36.4 Å². The van der Waals surface area contributed by atoms with Crippen molar-refractivity contribution in [3.63, 3.8) is 0 Å². The van der Waals surface area contributed by atoms with Crippen molar-refractivity contribution in [1.29, 1.82) is 0 Å². The third-order valence-corrected chi connectivity index (χ3v) is 4.32. The summed E-state index contributed by atoms with van der Waals surface area (Å²) in [4.78, 5) is 0. The lowest BCUT2D eigenvalue weighted by molar-refractivity contribution is 1.59. The average Bonchev–Trinajstić information content (AvgIpc) is 2.96. The molecule has 6 heteroatoms. The summed E-state index contributed by atoms with van der Waals surface area (Å²) in [5.74, 6) is 0. The van der Waals surface area contributed by atoms with Gasteiger partial charge in [0.05, 0.1) is 0 Å². The van der Waals surface area contributed by atoms with E-state index in [0.29, 0.717) is 14.0 Å². The van der Waals surface area contributed by atoms with Crippen LogP contribution in [0.15, 0.2) is 60.7 Å². The van der Waals surface area contributed by atoms with Crippen molar-refractivity contribution in [3.05, 3.63) is 60.7 Å². The molecule has 3 aromatic carbocycles. The fraction of sp³-hybridized carbons (Fsp3) is 0.111. The molecule has 2 aliphatic rings. The van der Waals surface area contributed by atoms with Gasteiger partial charge < -0.3 is 20.9 Å². The first-order valence-corrected chi connectivity index (χ1v) is 8.37. The van der Waals surface area contributed by atoms with Crippen molar-refractivity contribution in [1.82, 2.24) is 0 Å².